The lowest BCUT2D eigenvalue weighted by Crippen LogP contribution is -2.52. The van der Waals surface area contributed by atoms with Gasteiger partial charge in [-0.2, -0.15) is 0 Å². The zero-order valence-electron chi connectivity index (χ0n) is 17.4. The van der Waals surface area contributed by atoms with Crippen molar-refractivity contribution in [2.45, 2.75) is 84.2 Å². The number of ether oxygens (including phenoxy) is 1. The molecule has 1 atom stereocenters. The Kier molecular flexibility index (Phi) is 10.1. The molecule has 0 aromatic carbocycles. The summed E-state index contributed by atoms with van der Waals surface area (Å²) in [5, 5.41) is 9.94. The zero-order valence-corrected chi connectivity index (χ0v) is 20.4. The van der Waals surface area contributed by atoms with E-state index in [1.54, 1.807) is 6.92 Å². The second-order valence-electron chi connectivity index (χ2n) is 8.84. The highest BCUT2D eigenvalue weighted by Crippen LogP contribution is 2.26. The van der Waals surface area contributed by atoms with Gasteiger partial charge in [-0.1, -0.05) is 19.4 Å². The maximum atomic E-state index is 11.3. The van der Waals surface area contributed by atoms with Crippen LogP contribution in [0.15, 0.2) is 12.2 Å². The second-order valence-corrected chi connectivity index (χ2v) is 21.7. The van der Waals surface area contributed by atoms with E-state index < -0.39 is 37.3 Å². The number of hydrogen-bond acceptors (Lipinski definition) is 5. The summed E-state index contributed by atoms with van der Waals surface area (Å²) < 4.78 is 17.9. The summed E-state index contributed by atoms with van der Waals surface area (Å²) >= 11 is 0. The van der Waals surface area contributed by atoms with E-state index in [0.29, 0.717) is 12.0 Å². The van der Waals surface area contributed by atoms with Gasteiger partial charge in [0.2, 0.25) is 0 Å². The molecule has 0 spiro atoms. The van der Waals surface area contributed by atoms with Gasteiger partial charge in [-0.25, -0.2) is 4.79 Å². The number of rotatable bonds is 12. The molecule has 0 aliphatic carbocycles. The first-order valence-electron chi connectivity index (χ1n) is 9.05. The van der Waals surface area contributed by atoms with E-state index in [1.807, 2.05) is 0 Å². The van der Waals surface area contributed by atoms with Crippen molar-refractivity contribution in [1.82, 2.24) is 0 Å². The van der Waals surface area contributed by atoms with Crippen molar-refractivity contribution >= 4 is 31.2 Å². The highest BCUT2D eigenvalue weighted by atomic mass is 28.5. The maximum absolute atomic E-state index is 11.3. The smallest absolute Gasteiger partial charge is 0.333 e. The van der Waals surface area contributed by atoms with Crippen molar-refractivity contribution in [2.75, 3.05) is 6.61 Å². The van der Waals surface area contributed by atoms with Gasteiger partial charge in [-0.05, 0) is 65.2 Å². The lowest BCUT2D eigenvalue weighted by Gasteiger charge is -2.38. The molecule has 0 saturated carbocycles. The predicted octanol–water partition coefficient (Wildman–Crippen LogP) is 4.41. The van der Waals surface area contributed by atoms with Crippen molar-refractivity contribution in [3.05, 3.63) is 12.2 Å². The van der Waals surface area contributed by atoms with Crippen LogP contribution in [0.4, 0.5) is 0 Å². The molecule has 0 heterocycles. The van der Waals surface area contributed by atoms with Gasteiger partial charge >= 0.3 is 14.5 Å². The molecule has 0 saturated heterocycles. The monoisotopic (exact) mass is 406 g/mol. The van der Waals surface area contributed by atoms with Crippen LogP contribution in [0.25, 0.3) is 0 Å². The molecule has 0 aliphatic heterocycles. The largest absolute Gasteiger partial charge is 0.460 e. The Labute approximate surface area is 157 Å². The van der Waals surface area contributed by atoms with E-state index in [0.717, 1.165) is 18.9 Å². The number of esters is 1. The molecule has 0 amide bonds. The molecule has 0 fully saturated rings. The normalized spacial score (nSPS) is 14.3. The van der Waals surface area contributed by atoms with Crippen LogP contribution in [0, 0.1) is 0 Å². The third-order valence-electron chi connectivity index (χ3n) is 3.22. The number of aliphatic hydroxyl groups excluding tert-OH is 1. The lowest BCUT2D eigenvalue weighted by molar-refractivity contribution is -0.142. The fourth-order valence-electron chi connectivity index (χ4n) is 2.62. The molecule has 0 bridgehead atoms. The summed E-state index contributed by atoms with van der Waals surface area (Å²) in [5.74, 6) is -0.453. The molecule has 25 heavy (non-hydrogen) atoms. The van der Waals surface area contributed by atoms with Gasteiger partial charge in [0.05, 0.1) is 6.10 Å². The SMILES string of the molecule is C=C(C)C(=O)OCC(O)CCCC[Si](C)(O[Si](C)(C)C)O[Si](C)(C)C. The van der Waals surface area contributed by atoms with Crippen LogP contribution >= 0.6 is 0 Å². The van der Waals surface area contributed by atoms with Crippen LogP contribution < -0.4 is 0 Å². The molecular weight excluding hydrogens is 368 g/mol. The van der Waals surface area contributed by atoms with Gasteiger partial charge in [0.25, 0.3) is 0 Å². The van der Waals surface area contributed by atoms with Crippen LogP contribution in [-0.4, -0.2) is 49.0 Å². The molecule has 0 rings (SSSR count). The van der Waals surface area contributed by atoms with Gasteiger partial charge in [0, 0.05) is 5.57 Å². The van der Waals surface area contributed by atoms with Crippen LogP contribution in [0.2, 0.25) is 51.9 Å². The molecule has 0 aromatic heterocycles. The predicted molar refractivity (Wildman–Crippen MR) is 111 cm³/mol. The maximum Gasteiger partial charge on any atom is 0.333 e. The average Bonchev–Trinajstić information content (AvgIpc) is 2.36. The molecule has 0 radical (unpaired) electrons. The highest BCUT2D eigenvalue weighted by Gasteiger charge is 2.39. The Balaban J connectivity index is 4.38. The van der Waals surface area contributed by atoms with E-state index in [-0.39, 0.29) is 6.61 Å². The standard InChI is InChI=1S/C17H38O5Si3/c1-15(2)17(19)20-14-16(18)12-10-11-13-25(9,21-23(3,4)5)22-24(6,7)8/h16,18H,1,10-14H2,2-9H3. The van der Waals surface area contributed by atoms with Gasteiger partial charge in [0.15, 0.2) is 16.6 Å². The number of hydrogen-bond donors (Lipinski definition) is 1. The fraction of sp³-hybridized carbons (Fsp3) is 0.824. The Bertz CT molecular complexity index is 425. The summed E-state index contributed by atoms with van der Waals surface area (Å²) in [6.07, 6.45) is 1.78. The molecule has 0 aliphatic rings. The summed E-state index contributed by atoms with van der Waals surface area (Å²) in [7, 11) is -5.53. The van der Waals surface area contributed by atoms with Crippen LogP contribution in [0.1, 0.15) is 26.2 Å². The molecule has 1 N–H and O–H groups in total. The lowest BCUT2D eigenvalue weighted by atomic mass is 10.2. The van der Waals surface area contributed by atoms with Gasteiger partial charge in [-0.15, -0.1) is 0 Å². The van der Waals surface area contributed by atoms with E-state index in [1.165, 1.54) is 0 Å². The number of carbonyl (C=O) groups is 1. The van der Waals surface area contributed by atoms with E-state index >= 15 is 0 Å². The van der Waals surface area contributed by atoms with E-state index in [9.17, 15) is 9.90 Å². The summed E-state index contributed by atoms with van der Waals surface area (Å²) in [6.45, 7) is 20.5. The summed E-state index contributed by atoms with van der Waals surface area (Å²) in [4.78, 5) is 11.3. The van der Waals surface area contributed by atoms with Crippen molar-refractivity contribution < 1.29 is 22.9 Å². The van der Waals surface area contributed by atoms with E-state index in [4.69, 9.17) is 13.0 Å². The minimum Gasteiger partial charge on any atom is -0.460 e. The third-order valence-corrected chi connectivity index (χ3v) is 12.8. The topological polar surface area (TPSA) is 65.0 Å². The average molecular weight is 407 g/mol. The van der Waals surface area contributed by atoms with Crippen molar-refractivity contribution in [3.8, 4) is 0 Å². The molecular formula is C17H38O5Si3. The number of carbonyl (C=O) groups excluding carboxylic acids is 1. The van der Waals surface area contributed by atoms with E-state index in [2.05, 4.69) is 52.4 Å². The van der Waals surface area contributed by atoms with Crippen LogP contribution in [0.5, 0.6) is 0 Å². The first kappa shape index (κ1) is 24.7. The fourth-order valence-corrected chi connectivity index (χ4v) is 15.2. The molecule has 1 unspecified atom stereocenters. The Morgan fingerprint density at radius 1 is 1.00 bits per heavy atom. The summed E-state index contributed by atoms with van der Waals surface area (Å²) in [6, 6.07) is 0.930. The first-order chi connectivity index (χ1) is 11.1. The van der Waals surface area contributed by atoms with Gasteiger partial charge < -0.3 is 18.1 Å². The third kappa shape index (κ3) is 13.6. The minimum absolute atomic E-state index is 0.0250. The zero-order chi connectivity index (χ0) is 19.9. The van der Waals surface area contributed by atoms with Gasteiger partial charge in [0.1, 0.15) is 6.61 Å². The Morgan fingerprint density at radius 2 is 1.48 bits per heavy atom. The van der Waals surface area contributed by atoms with Crippen LogP contribution in [0.3, 0.4) is 0 Å². The minimum atomic E-state index is -2.20. The highest BCUT2D eigenvalue weighted by molar-refractivity contribution is 6.87. The molecule has 148 valence electrons. The molecule has 0 aromatic rings. The first-order valence-corrected chi connectivity index (χ1v) is 18.4. The second kappa shape index (κ2) is 10.2. The number of aliphatic hydroxyl groups is 1. The van der Waals surface area contributed by atoms with Crippen molar-refractivity contribution in [3.63, 3.8) is 0 Å². The summed E-state index contributed by atoms with van der Waals surface area (Å²) in [5.41, 5.74) is 0.348. The number of unbranched alkanes of at least 4 members (excludes halogenated alkanes) is 1. The molecule has 8 heteroatoms. The van der Waals surface area contributed by atoms with Crippen LogP contribution in [-0.2, 0) is 17.8 Å². The Hall–Kier alpha value is -0.259. The quantitative estimate of drug-likeness (QED) is 0.225. The van der Waals surface area contributed by atoms with Crippen molar-refractivity contribution in [1.29, 1.82) is 0 Å². The Morgan fingerprint density at radius 3 is 1.88 bits per heavy atom. The van der Waals surface area contributed by atoms with Gasteiger partial charge in [-0.3, -0.25) is 0 Å². The molecule has 5 nitrogen and oxygen atoms in total. The van der Waals surface area contributed by atoms with Crippen molar-refractivity contribution in [2.24, 2.45) is 0 Å².